The van der Waals surface area contributed by atoms with Crippen molar-refractivity contribution in [2.24, 2.45) is 0 Å². The summed E-state index contributed by atoms with van der Waals surface area (Å²) in [5, 5.41) is 6.04. The Bertz CT molecular complexity index is 586. The van der Waals surface area contributed by atoms with Gasteiger partial charge in [-0.2, -0.15) is 0 Å². The molecule has 1 unspecified atom stereocenters. The number of aromatic nitrogens is 2. The number of hydrogen-bond donors (Lipinski definition) is 1. The predicted molar refractivity (Wildman–Crippen MR) is 81.2 cm³/mol. The molecular weight excluding hydrogens is 294 g/mol. The SMILES string of the molecule is CCCc1cc(C(=O)NC(C)c2nccs2)cc(Cl)n1. The maximum atomic E-state index is 12.2. The second-order valence-corrected chi connectivity index (χ2v) is 5.80. The minimum absolute atomic E-state index is 0.121. The first-order valence-corrected chi connectivity index (χ1v) is 7.72. The Morgan fingerprint density at radius 2 is 2.30 bits per heavy atom. The van der Waals surface area contributed by atoms with E-state index < -0.39 is 0 Å². The van der Waals surface area contributed by atoms with Gasteiger partial charge in [-0.3, -0.25) is 4.79 Å². The van der Waals surface area contributed by atoms with Crippen molar-refractivity contribution < 1.29 is 4.79 Å². The summed E-state index contributed by atoms with van der Waals surface area (Å²) in [6.07, 6.45) is 3.50. The molecule has 0 spiro atoms. The molecule has 0 fully saturated rings. The predicted octanol–water partition coefficient (Wildman–Crippen LogP) is 3.64. The van der Waals surface area contributed by atoms with E-state index in [0.29, 0.717) is 10.7 Å². The summed E-state index contributed by atoms with van der Waals surface area (Å²) in [5.41, 5.74) is 1.38. The third-order valence-corrected chi connectivity index (χ3v) is 3.94. The molecule has 1 N–H and O–H groups in total. The quantitative estimate of drug-likeness (QED) is 0.858. The summed E-state index contributed by atoms with van der Waals surface area (Å²) >= 11 is 7.48. The first-order valence-electron chi connectivity index (χ1n) is 6.47. The Kier molecular flexibility index (Phi) is 5.09. The maximum Gasteiger partial charge on any atom is 0.252 e. The first-order chi connectivity index (χ1) is 9.60. The van der Waals surface area contributed by atoms with Crippen LogP contribution >= 0.6 is 22.9 Å². The minimum Gasteiger partial charge on any atom is -0.343 e. The van der Waals surface area contributed by atoms with Crippen LogP contribution < -0.4 is 5.32 Å². The van der Waals surface area contributed by atoms with Crippen LogP contribution in [0, 0.1) is 0 Å². The van der Waals surface area contributed by atoms with Crippen LogP contribution in [0.5, 0.6) is 0 Å². The minimum atomic E-state index is -0.158. The monoisotopic (exact) mass is 309 g/mol. The van der Waals surface area contributed by atoms with E-state index >= 15 is 0 Å². The van der Waals surface area contributed by atoms with E-state index in [9.17, 15) is 4.79 Å². The number of pyridine rings is 1. The van der Waals surface area contributed by atoms with Crippen molar-refractivity contribution in [1.82, 2.24) is 15.3 Å². The summed E-state index contributed by atoms with van der Waals surface area (Å²) in [4.78, 5) is 20.6. The molecule has 0 saturated carbocycles. The lowest BCUT2D eigenvalue weighted by Gasteiger charge is -2.12. The zero-order chi connectivity index (χ0) is 14.5. The number of carbonyl (C=O) groups is 1. The van der Waals surface area contributed by atoms with E-state index in [4.69, 9.17) is 11.6 Å². The van der Waals surface area contributed by atoms with Crippen molar-refractivity contribution in [3.05, 3.63) is 45.1 Å². The zero-order valence-electron chi connectivity index (χ0n) is 11.4. The topological polar surface area (TPSA) is 54.9 Å². The number of aryl methyl sites for hydroxylation is 1. The molecule has 0 aromatic carbocycles. The molecule has 0 radical (unpaired) electrons. The molecule has 2 aromatic rings. The molecule has 0 aliphatic rings. The van der Waals surface area contributed by atoms with Crippen LogP contribution in [0.1, 0.15) is 47.4 Å². The lowest BCUT2D eigenvalue weighted by Crippen LogP contribution is -2.26. The Morgan fingerprint density at radius 1 is 1.50 bits per heavy atom. The number of carbonyl (C=O) groups excluding carboxylic acids is 1. The number of amides is 1. The van der Waals surface area contributed by atoms with Crippen LogP contribution in [0.25, 0.3) is 0 Å². The number of nitrogens with zero attached hydrogens (tertiary/aromatic N) is 2. The number of halogens is 1. The second kappa shape index (κ2) is 6.81. The zero-order valence-corrected chi connectivity index (χ0v) is 13.0. The van der Waals surface area contributed by atoms with Crippen LogP contribution in [0.3, 0.4) is 0 Å². The number of rotatable bonds is 5. The molecule has 1 amide bonds. The molecular formula is C14H16ClN3OS. The molecule has 0 bridgehead atoms. The first kappa shape index (κ1) is 14.9. The number of nitrogens with one attached hydrogen (secondary N) is 1. The summed E-state index contributed by atoms with van der Waals surface area (Å²) in [5.74, 6) is -0.158. The summed E-state index contributed by atoms with van der Waals surface area (Å²) < 4.78 is 0. The van der Waals surface area contributed by atoms with E-state index in [1.807, 2.05) is 12.3 Å². The van der Waals surface area contributed by atoms with Crippen LogP contribution in [-0.4, -0.2) is 15.9 Å². The highest BCUT2D eigenvalue weighted by molar-refractivity contribution is 7.09. The molecule has 106 valence electrons. The summed E-state index contributed by atoms with van der Waals surface area (Å²) in [6.45, 7) is 3.97. The Labute approximate surface area is 127 Å². The molecule has 1 atom stereocenters. The molecule has 2 heterocycles. The average molecular weight is 310 g/mol. The Morgan fingerprint density at radius 3 is 2.95 bits per heavy atom. The molecule has 2 rings (SSSR count). The highest BCUT2D eigenvalue weighted by atomic mass is 35.5. The van der Waals surface area contributed by atoms with E-state index in [1.54, 1.807) is 18.3 Å². The third-order valence-electron chi connectivity index (χ3n) is 2.78. The van der Waals surface area contributed by atoms with Gasteiger partial charge in [-0.1, -0.05) is 24.9 Å². The van der Waals surface area contributed by atoms with Crippen LogP contribution in [0.2, 0.25) is 5.15 Å². The largest absolute Gasteiger partial charge is 0.343 e. The van der Waals surface area contributed by atoms with Crippen LogP contribution in [0.15, 0.2) is 23.7 Å². The van der Waals surface area contributed by atoms with Gasteiger partial charge in [-0.15, -0.1) is 11.3 Å². The van der Waals surface area contributed by atoms with Crippen molar-refractivity contribution in [2.75, 3.05) is 0 Å². The van der Waals surface area contributed by atoms with Crippen LogP contribution in [-0.2, 0) is 6.42 Å². The van der Waals surface area contributed by atoms with E-state index in [1.165, 1.54) is 11.3 Å². The van der Waals surface area contributed by atoms with Crippen molar-refractivity contribution in [1.29, 1.82) is 0 Å². The summed E-state index contributed by atoms with van der Waals surface area (Å²) in [7, 11) is 0. The van der Waals surface area contributed by atoms with Gasteiger partial charge in [0.25, 0.3) is 5.91 Å². The van der Waals surface area contributed by atoms with E-state index in [2.05, 4.69) is 22.2 Å². The van der Waals surface area contributed by atoms with Crippen molar-refractivity contribution >= 4 is 28.8 Å². The molecule has 0 aliphatic heterocycles. The standard InChI is InChI=1S/C14H16ClN3OS/c1-3-4-11-7-10(8-12(15)18-11)13(19)17-9(2)14-16-5-6-20-14/h5-9H,3-4H2,1-2H3,(H,17,19). The van der Waals surface area contributed by atoms with Gasteiger partial charge in [0.05, 0.1) is 6.04 Å². The molecule has 20 heavy (non-hydrogen) atoms. The summed E-state index contributed by atoms with van der Waals surface area (Å²) in [6, 6.07) is 3.26. The molecule has 2 aromatic heterocycles. The van der Waals surface area contributed by atoms with E-state index in [-0.39, 0.29) is 11.9 Å². The fourth-order valence-corrected chi connectivity index (χ4v) is 2.73. The lowest BCUT2D eigenvalue weighted by atomic mass is 10.1. The van der Waals surface area contributed by atoms with Gasteiger partial charge in [0.1, 0.15) is 10.2 Å². The van der Waals surface area contributed by atoms with Gasteiger partial charge in [0.2, 0.25) is 0 Å². The molecule has 0 saturated heterocycles. The van der Waals surface area contributed by atoms with Crippen molar-refractivity contribution in [3.63, 3.8) is 0 Å². The van der Waals surface area contributed by atoms with Gasteiger partial charge in [-0.05, 0) is 25.5 Å². The smallest absolute Gasteiger partial charge is 0.252 e. The Balaban J connectivity index is 2.12. The molecule has 4 nitrogen and oxygen atoms in total. The van der Waals surface area contributed by atoms with Crippen LogP contribution in [0.4, 0.5) is 0 Å². The van der Waals surface area contributed by atoms with Gasteiger partial charge < -0.3 is 5.32 Å². The van der Waals surface area contributed by atoms with Gasteiger partial charge in [0.15, 0.2) is 0 Å². The molecule has 0 aliphatic carbocycles. The average Bonchev–Trinajstić information content (AvgIpc) is 2.92. The highest BCUT2D eigenvalue weighted by Gasteiger charge is 2.14. The molecule has 6 heteroatoms. The van der Waals surface area contributed by atoms with Gasteiger partial charge in [0, 0.05) is 22.8 Å². The fourth-order valence-electron chi connectivity index (χ4n) is 1.86. The lowest BCUT2D eigenvalue weighted by molar-refractivity contribution is 0.0939. The second-order valence-electron chi connectivity index (χ2n) is 4.49. The Hall–Kier alpha value is -1.46. The third kappa shape index (κ3) is 3.77. The number of thiazole rings is 1. The normalized spacial score (nSPS) is 12.2. The fraction of sp³-hybridized carbons (Fsp3) is 0.357. The van der Waals surface area contributed by atoms with Gasteiger partial charge in [-0.25, -0.2) is 9.97 Å². The van der Waals surface area contributed by atoms with E-state index in [0.717, 1.165) is 23.5 Å². The number of hydrogen-bond acceptors (Lipinski definition) is 4. The van der Waals surface area contributed by atoms with Crippen molar-refractivity contribution in [3.8, 4) is 0 Å². The maximum absolute atomic E-state index is 12.2. The highest BCUT2D eigenvalue weighted by Crippen LogP contribution is 2.17. The van der Waals surface area contributed by atoms with Gasteiger partial charge >= 0.3 is 0 Å². The van der Waals surface area contributed by atoms with Crippen molar-refractivity contribution in [2.45, 2.75) is 32.7 Å².